The zero-order chi connectivity index (χ0) is 27.2. The second-order valence-electron chi connectivity index (χ2n) is 8.70. The van der Waals surface area contributed by atoms with Crippen LogP contribution in [0.25, 0.3) is 0 Å². The monoisotopic (exact) mass is 515 g/mol. The Morgan fingerprint density at radius 1 is 1.16 bits per heavy atom. The minimum atomic E-state index is -1.28. The summed E-state index contributed by atoms with van der Waals surface area (Å²) in [7, 11) is 0. The number of benzene rings is 3. The Morgan fingerprint density at radius 3 is 2.50 bits per heavy atom. The highest BCUT2D eigenvalue weighted by molar-refractivity contribution is 6.10. The first-order chi connectivity index (χ1) is 18.3. The molecule has 3 aromatic rings. The quantitative estimate of drug-likeness (QED) is 0.298. The van der Waals surface area contributed by atoms with Crippen LogP contribution in [0.5, 0.6) is 5.75 Å². The molecule has 3 aromatic carbocycles. The fourth-order valence-corrected chi connectivity index (χ4v) is 4.32. The Hall–Kier alpha value is -4.68. The zero-order valence-electron chi connectivity index (χ0n) is 20.6. The second kappa shape index (κ2) is 11.6. The average Bonchev–Trinajstić information content (AvgIpc) is 3.22. The Bertz CT molecular complexity index is 1370. The summed E-state index contributed by atoms with van der Waals surface area (Å²) in [6, 6.07) is 16.3. The van der Waals surface area contributed by atoms with Crippen molar-refractivity contribution in [2.24, 2.45) is 0 Å². The number of terminal acetylenes is 1. The number of carbonyl (C=O) groups is 3. The summed E-state index contributed by atoms with van der Waals surface area (Å²) >= 11 is 0. The van der Waals surface area contributed by atoms with E-state index in [0.29, 0.717) is 22.4 Å². The lowest BCUT2D eigenvalue weighted by molar-refractivity contribution is -0.134. The van der Waals surface area contributed by atoms with Crippen LogP contribution in [0, 0.1) is 18.2 Å². The molecular weight excluding hydrogens is 489 g/mol. The van der Waals surface area contributed by atoms with Crippen LogP contribution in [0.3, 0.4) is 0 Å². The molecule has 4 rings (SSSR count). The predicted molar refractivity (Wildman–Crippen MR) is 139 cm³/mol. The van der Waals surface area contributed by atoms with Crippen molar-refractivity contribution in [1.82, 2.24) is 10.2 Å². The van der Waals surface area contributed by atoms with Gasteiger partial charge in [-0.2, -0.15) is 0 Å². The van der Waals surface area contributed by atoms with Gasteiger partial charge < -0.3 is 20.5 Å². The van der Waals surface area contributed by atoms with Crippen molar-refractivity contribution < 1.29 is 28.6 Å². The number of halogens is 1. The van der Waals surface area contributed by atoms with Crippen LogP contribution in [0.15, 0.2) is 72.8 Å². The van der Waals surface area contributed by atoms with Gasteiger partial charge in [0.1, 0.15) is 30.3 Å². The Labute approximate surface area is 219 Å². The van der Waals surface area contributed by atoms with Gasteiger partial charge in [0, 0.05) is 11.5 Å². The minimum Gasteiger partial charge on any atom is -0.491 e. The van der Waals surface area contributed by atoms with Crippen molar-refractivity contribution >= 4 is 23.5 Å². The lowest BCUT2D eigenvalue weighted by atomic mass is 9.91. The van der Waals surface area contributed by atoms with Gasteiger partial charge in [-0.15, -0.1) is 6.42 Å². The highest BCUT2D eigenvalue weighted by Gasteiger charge is 2.47. The summed E-state index contributed by atoms with van der Waals surface area (Å²) in [4.78, 5) is 41.1. The molecule has 2 unspecified atom stereocenters. The van der Waals surface area contributed by atoms with E-state index >= 15 is 0 Å². The number of ether oxygens (including phenoxy) is 1. The maximum Gasteiger partial charge on any atom is 0.325 e. The minimum absolute atomic E-state index is 0.118. The average molecular weight is 516 g/mol. The standard InChI is InChI=1S/C29H26FN3O5/c1-3-19-9-14-24(23(30)17-19)31-27(35)26(18(2)20-7-5-4-6-8-20)33-28(36)25(32-29(33)37)21-10-12-22(13-11-21)38-16-15-34/h1,4-14,17-18,25-26,34H,15-16H2,2H3,(H,31,35)(H,32,37)/t18?,25-,26?/m1/s1. The summed E-state index contributed by atoms with van der Waals surface area (Å²) < 4.78 is 20.0. The predicted octanol–water partition coefficient (Wildman–Crippen LogP) is 3.58. The zero-order valence-corrected chi connectivity index (χ0v) is 20.6. The van der Waals surface area contributed by atoms with Gasteiger partial charge in [-0.1, -0.05) is 55.3 Å². The van der Waals surface area contributed by atoms with E-state index in [2.05, 4.69) is 16.6 Å². The van der Waals surface area contributed by atoms with E-state index in [4.69, 9.17) is 16.3 Å². The van der Waals surface area contributed by atoms with E-state index in [9.17, 15) is 18.8 Å². The molecule has 0 bridgehead atoms. The van der Waals surface area contributed by atoms with E-state index in [1.807, 2.05) is 6.07 Å². The molecule has 1 heterocycles. The number of anilines is 1. The molecule has 4 amide bonds. The molecule has 8 nitrogen and oxygen atoms in total. The van der Waals surface area contributed by atoms with E-state index in [1.54, 1.807) is 55.5 Å². The smallest absolute Gasteiger partial charge is 0.325 e. The highest BCUT2D eigenvalue weighted by atomic mass is 19.1. The van der Waals surface area contributed by atoms with Crippen molar-refractivity contribution in [3.63, 3.8) is 0 Å². The normalized spacial score (nSPS) is 16.4. The fourth-order valence-electron chi connectivity index (χ4n) is 4.32. The van der Waals surface area contributed by atoms with E-state index in [0.717, 1.165) is 11.0 Å². The molecule has 1 saturated heterocycles. The lowest BCUT2D eigenvalue weighted by Gasteiger charge is -2.30. The number of carbonyl (C=O) groups excluding carboxylic acids is 3. The summed E-state index contributed by atoms with van der Waals surface area (Å²) in [6.07, 6.45) is 5.32. The van der Waals surface area contributed by atoms with Gasteiger partial charge in [0.15, 0.2) is 0 Å². The van der Waals surface area contributed by atoms with Crippen LogP contribution in [-0.2, 0) is 9.59 Å². The van der Waals surface area contributed by atoms with Crippen LogP contribution in [-0.4, -0.2) is 47.1 Å². The van der Waals surface area contributed by atoms with E-state index in [1.165, 1.54) is 12.1 Å². The summed E-state index contributed by atoms with van der Waals surface area (Å²) in [6.45, 7) is 1.69. The van der Waals surface area contributed by atoms with E-state index in [-0.39, 0.29) is 18.9 Å². The number of rotatable bonds is 9. The molecule has 9 heteroatoms. The van der Waals surface area contributed by atoms with Gasteiger partial charge >= 0.3 is 6.03 Å². The van der Waals surface area contributed by atoms with Crippen molar-refractivity contribution in [2.75, 3.05) is 18.5 Å². The molecule has 0 spiro atoms. The van der Waals surface area contributed by atoms with Crippen molar-refractivity contribution in [3.05, 3.63) is 95.3 Å². The van der Waals surface area contributed by atoms with Gasteiger partial charge in [-0.25, -0.2) is 14.1 Å². The lowest BCUT2D eigenvalue weighted by Crippen LogP contribution is -2.50. The topological polar surface area (TPSA) is 108 Å². The van der Waals surface area contributed by atoms with E-state index < -0.39 is 41.7 Å². The molecule has 3 atom stereocenters. The molecule has 0 saturated carbocycles. The van der Waals surface area contributed by atoms with Gasteiger partial charge in [0.05, 0.1) is 12.3 Å². The molecule has 0 radical (unpaired) electrons. The third-order valence-electron chi connectivity index (χ3n) is 6.28. The van der Waals surface area contributed by atoms with Crippen LogP contribution < -0.4 is 15.4 Å². The van der Waals surface area contributed by atoms with Gasteiger partial charge in [0.2, 0.25) is 5.91 Å². The first-order valence-corrected chi connectivity index (χ1v) is 11.9. The van der Waals surface area contributed by atoms with Crippen molar-refractivity contribution in [3.8, 4) is 18.1 Å². The van der Waals surface area contributed by atoms with Crippen LogP contribution in [0.4, 0.5) is 14.9 Å². The molecule has 1 aliphatic rings. The number of nitrogens with one attached hydrogen (secondary N) is 2. The first kappa shape index (κ1) is 26.4. The number of aliphatic hydroxyl groups is 1. The maximum atomic E-state index is 14.6. The van der Waals surface area contributed by atoms with Gasteiger partial charge in [-0.05, 0) is 41.5 Å². The second-order valence-corrected chi connectivity index (χ2v) is 8.70. The summed E-state index contributed by atoms with van der Waals surface area (Å²) in [5.41, 5.74) is 1.38. The fraction of sp³-hybridized carbons (Fsp3) is 0.207. The molecule has 38 heavy (non-hydrogen) atoms. The third-order valence-corrected chi connectivity index (χ3v) is 6.28. The largest absolute Gasteiger partial charge is 0.491 e. The molecule has 3 N–H and O–H groups in total. The number of amides is 4. The van der Waals surface area contributed by atoms with Crippen molar-refractivity contribution in [2.45, 2.75) is 24.9 Å². The number of nitrogens with zero attached hydrogens (tertiary/aromatic N) is 1. The molecular formula is C29H26FN3O5. The van der Waals surface area contributed by atoms with Crippen molar-refractivity contribution in [1.29, 1.82) is 0 Å². The molecule has 0 aromatic heterocycles. The van der Waals surface area contributed by atoms with Crippen LogP contribution >= 0.6 is 0 Å². The number of imide groups is 1. The Kier molecular flexibility index (Phi) is 8.04. The first-order valence-electron chi connectivity index (χ1n) is 11.9. The Balaban J connectivity index is 1.64. The SMILES string of the molecule is C#Cc1ccc(NC(=O)C(C(C)c2ccccc2)N2C(=O)N[C@H](c3ccc(OCCO)cc3)C2=O)c(F)c1. The maximum absolute atomic E-state index is 14.6. The Morgan fingerprint density at radius 2 is 1.87 bits per heavy atom. The van der Waals surface area contributed by atoms with Crippen LogP contribution in [0.2, 0.25) is 0 Å². The molecule has 0 aliphatic carbocycles. The highest BCUT2D eigenvalue weighted by Crippen LogP contribution is 2.32. The third kappa shape index (κ3) is 5.51. The summed E-state index contributed by atoms with van der Waals surface area (Å²) in [5, 5.41) is 14.1. The summed E-state index contributed by atoms with van der Waals surface area (Å²) in [5.74, 6) is 0.106. The number of aliphatic hydroxyl groups excluding tert-OH is 1. The molecule has 1 fully saturated rings. The van der Waals surface area contributed by atoms with Crippen LogP contribution in [0.1, 0.15) is 35.6 Å². The molecule has 1 aliphatic heterocycles. The number of urea groups is 1. The number of hydrogen-bond donors (Lipinski definition) is 3. The number of hydrogen-bond acceptors (Lipinski definition) is 5. The van der Waals surface area contributed by atoms with Gasteiger partial charge in [-0.3, -0.25) is 9.59 Å². The molecule has 194 valence electrons. The van der Waals surface area contributed by atoms with Gasteiger partial charge in [0.25, 0.3) is 5.91 Å².